The first-order valence-electron chi connectivity index (χ1n) is 11.0. The number of methoxy groups -OCH3 is 1. The molecule has 6 nitrogen and oxygen atoms in total. The molecule has 7 heteroatoms. The largest absolute Gasteiger partial charge is 0.493 e. The second-order valence-electron chi connectivity index (χ2n) is 8.12. The summed E-state index contributed by atoms with van der Waals surface area (Å²) in [6, 6.07) is 11.9. The van der Waals surface area contributed by atoms with E-state index in [0.29, 0.717) is 36.5 Å². The average Bonchev–Trinajstić information content (AvgIpc) is 2.79. The van der Waals surface area contributed by atoms with Gasteiger partial charge in [-0.05, 0) is 62.1 Å². The maximum absolute atomic E-state index is 13.0. The lowest BCUT2D eigenvalue weighted by atomic mass is 10.0. The number of halogens is 1. The van der Waals surface area contributed by atoms with Crippen molar-refractivity contribution >= 4 is 11.7 Å². The highest BCUT2D eigenvalue weighted by Crippen LogP contribution is 2.28. The Morgan fingerprint density at radius 1 is 1.09 bits per heavy atom. The SMILES string of the molecule is COc1cc(C(C)=O)ccc1OCCCC(=O)NC1CCN(Cc2ccc(F)cc2)CC1. The first-order chi connectivity index (χ1) is 15.4. The summed E-state index contributed by atoms with van der Waals surface area (Å²) in [5, 5.41) is 3.12. The predicted octanol–water partition coefficient (Wildman–Crippen LogP) is 3.98. The Labute approximate surface area is 188 Å². The highest BCUT2D eigenvalue weighted by atomic mass is 19.1. The van der Waals surface area contributed by atoms with Crippen molar-refractivity contribution in [3.05, 3.63) is 59.4 Å². The number of ketones is 1. The number of Topliss-reactive ketones (excluding diaryl/α,β-unsaturated/α-hetero) is 1. The average molecular weight is 443 g/mol. The molecule has 0 aromatic heterocycles. The summed E-state index contributed by atoms with van der Waals surface area (Å²) in [7, 11) is 1.53. The molecule has 2 aromatic rings. The van der Waals surface area contributed by atoms with Gasteiger partial charge < -0.3 is 14.8 Å². The van der Waals surface area contributed by atoms with Crippen molar-refractivity contribution in [3.8, 4) is 11.5 Å². The van der Waals surface area contributed by atoms with Crippen LogP contribution in [0.4, 0.5) is 4.39 Å². The number of hydrogen-bond acceptors (Lipinski definition) is 5. The summed E-state index contributed by atoms with van der Waals surface area (Å²) >= 11 is 0. The third kappa shape index (κ3) is 7.05. The Bertz CT molecular complexity index is 909. The van der Waals surface area contributed by atoms with Gasteiger partial charge in [0, 0.05) is 37.7 Å². The minimum atomic E-state index is -0.217. The molecule has 3 rings (SSSR count). The number of carbonyl (C=O) groups excluding carboxylic acids is 2. The summed E-state index contributed by atoms with van der Waals surface area (Å²) < 4.78 is 24.1. The van der Waals surface area contributed by atoms with Gasteiger partial charge in [-0.25, -0.2) is 4.39 Å². The van der Waals surface area contributed by atoms with E-state index >= 15 is 0 Å². The molecule has 1 aliphatic rings. The second kappa shape index (κ2) is 11.6. The zero-order valence-corrected chi connectivity index (χ0v) is 18.7. The molecule has 2 aromatic carbocycles. The summed E-state index contributed by atoms with van der Waals surface area (Å²) in [6.07, 6.45) is 2.79. The van der Waals surface area contributed by atoms with Crippen molar-refractivity contribution < 1.29 is 23.5 Å². The zero-order chi connectivity index (χ0) is 22.9. The molecule has 1 amide bonds. The Morgan fingerprint density at radius 2 is 1.81 bits per heavy atom. The van der Waals surface area contributed by atoms with Crippen LogP contribution >= 0.6 is 0 Å². The molecule has 0 radical (unpaired) electrons. The molecule has 1 aliphatic heterocycles. The van der Waals surface area contributed by atoms with Gasteiger partial charge in [0.25, 0.3) is 0 Å². The molecule has 1 saturated heterocycles. The number of likely N-dealkylation sites (tertiary alicyclic amines) is 1. The van der Waals surface area contributed by atoms with Gasteiger partial charge in [0.2, 0.25) is 5.91 Å². The van der Waals surface area contributed by atoms with Crippen LogP contribution in [0.5, 0.6) is 11.5 Å². The number of ether oxygens (including phenoxy) is 2. The fourth-order valence-corrected chi connectivity index (χ4v) is 3.80. The number of nitrogens with zero attached hydrogens (tertiary/aromatic N) is 1. The van der Waals surface area contributed by atoms with E-state index in [1.165, 1.54) is 26.2 Å². The maximum atomic E-state index is 13.0. The molecule has 0 aliphatic carbocycles. The standard InChI is InChI=1S/C25H31FN2O4/c1-18(29)20-7-10-23(24(16-20)31-2)32-15-3-4-25(30)27-22-11-13-28(14-12-22)17-19-5-8-21(26)9-6-19/h5-10,16,22H,3-4,11-15,17H2,1-2H3,(H,27,30). The molecule has 1 N–H and O–H groups in total. The third-order valence-corrected chi connectivity index (χ3v) is 5.65. The van der Waals surface area contributed by atoms with Crippen LogP contribution in [-0.2, 0) is 11.3 Å². The van der Waals surface area contributed by atoms with E-state index in [0.717, 1.165) is 38.0 Å². The minimum Gasteiger partial charge on any atom is -0.493 e. The van der Waals surface area contributed by atoms with Crippen LogP contribution in [0, 0.1) is 5.82 Å². The lowest BCUT2D eigenvalue weighted by Gasteiger charge is -2.32. The molecule has 1 heterocycles. The van der Waals surface area contributed by atoms with Gasteiger partial charge in [-0.15, -0.1) is 0 Å². The molecule has 0 atom stereocenters. The van der Waals surface area contributed by atoms with Crippen LogP contribution in [0.1, 0.15) is 48.5 Å². The first-order valence-corrected chi connectivity index (χ1v) is 11.0. The molecule has 172 valence electrons. The summed E-state index contributed by atoms with van der Waals surface area (Å²) in [6.45, 7) is 4.50. The van der Waals surface area contributed by atoms with Crippen LogP contribution in [0.25, 0.3) is 0 Å². The Balaban J connectivity index is 1.33. The normalized spacial score (nSPS) is 14.7. The number of benzene rings is 2. The van der Waals surface area contributed by atoms with Gasteiger partial charge >= 0.3 is 0 Å². The maximum Gasteiger partial charge on any atom is 0.220 e. The summed E-state index contributed by atoms with van der Waals surface area (Å²) in [5.74, 6) is 0.851. The molecular weight excluding hydrogens is 411 g/mol. The Kier molecular flexibility index (Phi) is 8.62. The van der Waals surface area contributed by atoms with Crippen molar-refractivity contribution in [2.75, 3.05) is 26.8 Å². The van der Waals surface area contributed by atoms with E-state index in [9.17, 15) is 14.0 Å². The van der Waals surface area contributed by atoms with E-state index in [-0.39, 0.29) is 23.5 Å². The van der Waals surface area contributed by atoms with E-state index in [2.05, 4.69) is 10.2 Å². The van der Waals surface area contributed by atoms with Gasteiger partial charge in [0.05, 0.1) is 13.7 Å². The van der Waals surface area contributed by atoms with Crippen molar-refractivity contribution in [2.45, 2.75) is 45.2 Å². The van der Waals surface area contributed by atoms with Gasteiger partial charge in [-0.2, -0.15) is 0 Å². The second-order valence-corrected chi connectivity index (χ2v) is 8.12. The first kappa shape index (κ1) is 23.7. The van der Waals surface area contributed by atoms with Crippen LogP contribution in [0.3, 0.4) is 0 Å². The van der Waals surface area contributed by atoms with E-state index < -0.39 is 0 Å². The van der Waals surface area contributed by atoms with Crippen LogP contribution in [0.2, 0.25) is 0 Å². The predicted molar refractivity (Wildman–Crippen MR) is 121 cm³/mol. The fourth-order valence-electron chi connectivity index (χ4n) is 3.80. The Morgan fingerprint density at radius 3 is 2.47 bits per heavy atom. The molecule has 0 bridgehead atoms. The zero-order valence-electron chi connectivity index (χ0n) is 18.7. The number of hydrogen-bond donors (Lipinski definition) is 1. The molecular formula is C25H31FN2O4. The van der Waals surface area contributed by atoms with Crippen molar-refractivity contribution in [1.82, 2.24) is 10.2 Å². The Hall–Kier alpha value is -2.93. The van der Waals surface area contributed by atoms with Crippen LogP contribution < -0.4 is 14.8 Å². The van der Waals surface area contributed by atoms with Crippen LogP contribution in [-0.4, -0.2) is 49.4 Å². The molecule has 0 saturated carbocycles. The number of carbonyl (C=O) groups is 2. The van der Waals surface area contributed by atoms with Gasteiger partial charge in [0.15, 0.2) is 17.3 Å². The highest BCUT2D eigenvalue weighted by molar-refractivity contribution is 5.94. The minimum absolute atomic E-state index is 0.0319. The van der Waals surface area contributed by atoms with E-state index in [1.54, 1.807) is 18.2 Å². The van der Waals surface area contributed by atoms with Crippen LogP contribution in [0.15, 0.2) is 42.5 Å². The molecule has 0 unspecified atom stereocenters. The monoisotopic (exact) mass is 442 g/mol. The number of piperidine rings is 1. The summed E-state index contributed by atoms with van der Waals surface area (Å²) in [5.41, 5.74) is 1.67. The quantitative estimate of drug-likeness (QED) is 0.445. The van der Waals surface area contributed by atoms with E-state index in [1.807, 2.05) is 12.1 Å². The number of nitrogens with one attached hydrogen (secondary N) is 1. The summed E-state index contributed by atoms with van der Waals surface area (Å²) in [4.78, 5) is 26.1. The lowest BCUT2D eigenvalue weighted by Crippen LogP contribution is -2.44. The van der Waals surface area contributed by atoms with Gasteiger partial charge in [0.1, 0.15) is 5.82 Å². The topological polar surface area (TPSA) is 67.9 Å². The number of rotatable bonds is 10. The van der Waals surface area contributed by atoms with Gasteiger partial charge in [-0.1, -0.05) is 12.1 Å². The molecule has 32 heavy (non-hydrogen) atoms. The highest BCUT2D eigenvalue weighted by Gasteiger charge is 2.20. The lowest BCUT2D eigenvalue weighted by molar-refractivity contribution is -0.122. The van der Waals surface area contributed by atoms with Crippen molar-refractivity contribution in [3.63, 3.8) is 0 Å². The fraction of sp³-hybridized carbons (Fsp3) is 0.440. The van der Waals surface area contributed by atoms with Crippen molar-refractivity contribution in [1.29, 1.82) is 0 Å². The number of amides is 1. The molecule has 1 fully saturated rings. The van der Waals surface area contributed by atoms with Crippen molar-refractivity contribution in [2.24, 2.45) is 0 Å². The van der Waals surface area contributed by atoms with E-state index in [4.69, 9.17) is 9.47 Å². The molecule has 0 spiro atoms. The smallest absolute Gasteiger partial charge is 0.220 e. The third-order valence-electron chi connectivity index (χ3n) is 5.65. The van der Waals surface area contributed by atoms with Gasteiger partial charge in [-0.3, -0.25) is 14.5 Å².